The van der Waals surface area contributed by atoms with E-state index in [-0.39, 0.29) is 12.2 Å². The van der Waals surface area contributed by atoms with Gasteiger partial charge in [0, 0.05) is 0 Å². The molecule has 0 bridgehead atoms. The molecule has 94 valence electrons. The zero-order valence-corrected chi connectivity index (χ0v) is 10.1. The summed E-state index contributed by atoms with van der Waals surface area (Å²) in [4.78, 5) is 0. The van der Waals surface area contributed by atoms with Crippen LogP contribution in [0.15, 0.2) is 42.5 Å². The Balaban J connectivity index is 1.67. The van der Waals surface area contributed by atoms with Crippen molar-refractivity contribution < 1.29 is 4.74 Å². The first-order valence-electron chi connectivity index (χ1n) is 6.19. The van der Waals surface area contributed by atoms with E-state index in [1.165, 1.54) is 10.8 Å². The highest BCUT2D eigenvalue weighted by atomic mass is 16.5. The van der Waals surface area contributed by atoms with Crippen molar-refractivity contribution in [3.05, 3.63) is 42.5 Å². The van der Waals surface area contributed by atoms with Crippen molar-refractivity contribution in [1.29, 1.82) is 0 Å². The molecule has 0 amide bonds. The molecule has 0 saturated carbocycles. The predicted octanol–water partition coefficient (Wildman–Crippen LogP) is 1.37. The van der Waals surface area contributed by atoms with Gasteiger partial charge in [0.25, 0.3) is 0 Å². The Labute approximate surface area is 106 Å². The average molecular weight is 243 g/mol. The molecule has 1 aliphatic rings. The van der Waals surface area contributed by atoms with Crippen LogP contribution in [0.25, 0.3) is 10.8 Å². The molecule has 3 rings (SSSR count). The SMILES string of the molecule is NC1CC(COc2ccc3ccccc3c2)NN1. The van der Waals surface area contributed by atoms with Crippen molar-refractivity contribution >= 4 is 10.8 Å². The Bertz CT molecular complexity index is 543. The number of hydrogen-bond acceptors (Lipinski definition) is 4. The molecule has 2 aromatic rings. The molecule has 0 spiro atoms. The topological polar surface area (TPSA) is 59.3 Å². The third-order valence-electron chi connectivity index (χ3n) is 3.18. The molecule has 1 heterocycles. The molecule has 2 unspecified atom stereocenters. The van der Waals surface area contributed by atoms with Crippen molar-refractivity contribution in [3.63, 3.8) is 0 Å². The summed E-state index contributed by atoms with van der Waals surface area (Å²) in [6.45, 7) is 0.624. The van der Waals surface area contributed by atoms with Crippen LogP contribution in [0.2, 0.25) is 0 Å². The molecule has 0 radical (unpaired) electrons. The van der Waals surface area contributed by atoms with Crippen LogP contribution in [0, 0.1) is 0 Å². The second-order valence-corrected chi connectivity index (χ2v) is 4.65. The fourth-order valence-electron chi connectivity index (χ4n) is 2.21. The van der Waals surface area contributed by atoms with Crippen LogP contribution in [0.5, 0.6) is 5.75 Å². The van der Waals surface area contributed by atoms with E-state index in [0.29, 0.717) is 6.61 Å². The van der Waals surface area contributed by atoms with Crippen molar-refractivity contribution in [2.45, 2.75) is 18.6 Å². The summed E-state index contributed by atoms with van der Waals surface area (Å²) in [7, 11) is 0. The Kier molecular flexibility index (Phi) is 3.15. The van der Waals surface area contributed by atoms with Gasteiger partial charge in [0.1, 0.15) is 12.4 Å². The van der Waals surface area contributed by atoms with Crippen LogP contribution >= 0.6 is 0 Å². The van der Waals surface area contributed by atoms with Crippen LogP contribution < -0.4 is 21.3 Å². The highest BCUT2D eigenvalue weighted by molar-refractivity contribution is 5.83. The van der Waals surface area contributed by atoms with Crippen LogP contribution in [0.3, 0.4) is 0 Å². The molecular formula is C14H17N3O. The van der Waals surface area contributed by atoms with Gasteiger partial charge in [-0.25, -0.2) is 10.9 Å². The van der Waals surface area contributed by atoms with Gasteiger partial charge in [-0.15, -0.1) is 0 Å². The lowest BCUT2D eigenvalue weighted by atomic mass is 10.1. The molecule has 4 nitrogen and oxygen atoms in total. The van der Waals surface area contributed by atoms with Crippen molar-refractivity contribution in [2.75, 3.05) is 6.61 Å². The Morgan fingerprint density at radius 2 is 1.94 bits per heavy atom. The lowest BCUT2D eigenvalue weighted by Crippen LogP contribution is -2.38. The smallest absolute Gasteiger partial charge is 0.120 e. The van der Waals surface area contributed by atoms with Gasteiger partial charge in [0.05, 0.1) is 12.2 Å². The Hall–Kier alpha value is -1.62. The first kappa shape index (κ1) is 11.5. The second-order valence-electron chi connectivity index (χ2n) is 4.65. The van der Waals surface area contributed by atoms with E-state index < -0.39 is 0 Å². The molecule has 4 N–H and O–H groups in total. The lowest BCUT2D eigenvalue weighted by Gasteiger charge is -2.11. The highest BCUT2D eigenvalue weighted by Gasteiger charge is 2.20. The second kappa shape index (κ2) is 4.94. The minimum atomic E-state index is 0.0233. The number of benzene rings is 2. The number of rotatable bonds is 3. The van der Waals surface area contributed by atoms with Crippen LogP contribution in [0.1, 0.15) is 6.42 Å². The van der Waals surface area contributed by atoms with Gasteiger partial charge >= 0.3 is 0 Å². The molecule has 2 aromatic carbocycles. The van der Waals surface area contributed by atoms with E-state index in [2.05, 4.69) is 35.1 Å². The molecule has 0 aromatic heterocycles. The maximum atomic E-state index is 5.79. The van der Waals surface area contributed by atoms with E-state index in [4.69, 9.17) is 10.5 Å². The molecule has 4 heteroatoms. The highest BCUT2D eigenvalue weighted by Crippen LogP contribution is 2.20. The predicted molar refractivity (Wildman–Crippen MR) is 72.1 cm³/mol. The Morgan fingerprint density at radius 3 is 2.72 bits per heavy atom. The number of hydrazine groups is 1. The van der Waals surface area contributed by atoms with Gasteiger partial charge < -0.3 is 10.5 Å². The number of ether oxygens (including phenoxy) is 1. The van der Waals surface area contributed by atoms with Crippen LogP contribution in [-0.4, -0.2) is 18.8 Å². The average Bonchev–Trinajstić information content (AvgIpc) is 2.82. The molecule has 0 aliphatic carbocycles. The molecular weight excluding hydrogens is 226 g/mol. The largest absolute Gasteiger partial charge is 0.492 e. The molecule has 1 aliphatic heterocycles. The van der Waals surface area contributed by atoms with Gasteiger partial charge in [0.2, 0.25) is 0 Å². The molecule has 2 atom stereocenters. The zero-order chi connectivity index (χ0) is 12.4. The lowest BCUT2D eigenvalue weighted by molar-refractivity contribution is 0.273. The van der Waals surface area contributed by atoms with Gasteiger partial charge in [-0.1, -0.05) is 30.3 Å². The van der Waals surface area contributed by atoms with Crippen LogP contribution in [0.4, 0.5) is 0 Å². The monoisotopic (exact) mass is 243 g/mol. The number of nitrogens with one attached hydrogen (secondary N) is 2. The van der Waals surface area contributed by atoms with E-state index in [0.717, 1.165) is 12.2 Å². The van der Waals surface area contributed by atoms with Gasteiger partial charge in [-0.05, 0) is 29.3 Å². The minimum absolute atomic E-state index is 0.0233. The minimum Gasteiger partial charge on any atom is -0.492 e. The summed E-state index contributed by atoms with van der Waals surface area (Å²) < 4.78 is 5.79. The fourth-order valence-corrected chi connectivity index (χ4v) is 2.21. The zero-order valence-electron chi connectivity index (χ0n) is 10.1. The number of nitrogens with two attached hydrogens (primary N) is 1. The summed E-state index contributed by atoms with van der Waals surface area (Å²) in [5, 5.41) is 2.43. The normalized spacial score (nSPS) is 23.4. The van der Waals surface area contributed by atoms with Crippen molar-refractivity contribution in [1.82, 2.24) is 10.9 Å². The standard InChI is InChI=1S/C14H17N3O/c15-14-8-12(16-17-14)9-18-13-6-5-10-3-1-2-4-11(10)7-13/h1-7,12,14,16-17H,8-9,15H2. The van der Waals surface area contributed by atoms with Gasteiger partial charge in [-0.2, -0.15) is 0 Å². The quantitative estimate of drug-likeness (QED) is 0.762. The number of fused-ring (bicyclic) bond motifs is 1. The Morgan fingerprint density at radius 1 is 1.11 bits per heavy atom. The summed E-state index contributed by atoms with van der Waals surface area (Å²) in [6.07, 6.45) is 0.906. The molecule has 1 saturated heterocycles. The van der Waals surface area contributed by atoms with Crippen molar-refractivity contribution in [3.8, 4) is 5.75 Å². The van der Waals surface area contributed by atoms with Gasteiger partial charge in [0.15, 0.2) is 0 Å². The maximum Gasteiger partial charge on any atom is 0.120 e. The first-order chi connectivity index (χ1) is 8.81. The summed E-state index contributed by atoms with van der Waals surface area (Å²) in [5.74, 6) is 0.899. The third-order valence-corrected chi connectivity index (χ3v) is 3.18. The van der Waals surface area contributed by atoms with Crippen molar-refractivity contribution in [2.24, 2.45) is 5.73 Å². The number of hydrogen-bond donors (Lipinski definition) is 3. The van der Waals surface area contributed by atoms with E-state index in [1.54, 1.807) is 0 Å². The van der Waals surface area contributed by atoms with E-state index in [9.17, 15) is 0 Å². The molecule has 1 fully saturated rings. The summed E-state index contributed by atoms with van der Waals surface area (Å²) in [5.41, 5.74) is 11.8. The van der Waals surface area contributed by atoms with Crippen LogP contribution in [-0.2, 0) is 0 Å². The summed E-state index contributed by atoms with van der Waals surface area (Å²) >= 11 is 0. The maximum absolute atomic E-state index is 5.79. The third kappa shape index (κ3) is 2.46. The molecule has 18 heavy (non-hydrogen) atoms. The van der Waals surface area contributed by atoms with Gasteiger partial charge in [-0.3, -0.25) is 0 Å². The summed E-state index contributed by atoms with van der Waals surface area (Å²) in [6, 6.07) is 14.7. The fraction of sp³-hybridized carbons (Fsp3) is 0.286. The van der Waals surface area contributed by atoms with E-state index in [1.807, 2.05) is 18.2 Å². The first-order valence-corrected chi connectivity index (χ1v) is 6.19. The van der Waals surface area contributed by atoms with E-state index >= 15 is 0 Å².